The summed E-state index contributed by atoms with van der Waals surface area (Å²) in [6, 6.07) is 1.51. The van der Waals surface area contributed by atoms with Crippen LogP contribution >= 0.6 is 0 Å². The van der Waals surface area contributed by atoms with Gasteiger partial charge >= 0.3 is 6.03 Å². The average molecular weight is 193 g/mol. The first-order chi connectivity index (χ1) is 6.68. The van der Waals surface area contributed by atoms with Gasteiger partial charge in [0.1, 0.15) is 5.92 Å². The van der Waals surface area contributed by atoms with Gasteiger partial charge in [0.05, 0.1) is 11.6 Å². The van der Waals surface area contributed by atoms with Gasteiger partial charge in [-0.1, -0.05) is 12.8 Å². The van der Waals surface area contributed by atoms with E-state index in [0.717, 1.165) is 25.7 Å². The van der Waals surface area contributed by atoms with Crippen molar-refractivity contribution in [2.75, 3.05) is 0 Å². The molecule has 2 rings (SSSR count). The molecule has 0 aromatic rings. The third-order valence-corrected chi connectivity index (χ3v) is 3.04. The van der Waals surface area contributed by atoms with Crippen molar-refractivity contribution >= 4 is 11.9 Å². The topological polar surface area (TPSA) is 82.0 Å². The van der Waals surface area contributed by atoms with E-state index in [-0.39, 0.29) is 0 Å². The SMILES string of the molecule is N#C[C@H]1C(=O)NC(=O)NC12CCCC2. The van der Waals surface area contributed by atoms with Crippen LogP contribution in [0.25, 0.3) is 0 Å². The summed E-state index contributed by atoms with van der Waals surface area (Å²) in [5.74, 6) is -1.19. The van der Waals surface area contributed by atoms with Crippen LogP contribution in [0.1, 0.15) is 25.7 Å². The molecule has 1 aliphatic carbocycles. The van der Waals surface area contributed by atoms with Crippen molar-refractivity contribution in [3.05, 3.63) is 0 Å². The number of hydrogen-bond acceptors (Lipinski definition) is 3. The molecular formula is C9H11N3O2. The van der Waals surface area contributed by atoms with E-state index in [9.17, 15) is 9.59 Å². The quantitative estimate of drug-likeness (QED) is 0.579. The van der Waals surface area contributed by atoms with Gasteiger partial charge in [-0.05, 0) is 12.8 Å². The molecule has 1 heterocycles. The Bertz CT molecular complexity index is 325. The van der Waals surface area contributed by atoms with Crippen LogP contribution in [0.15, 0.2) is 0 Å². The summed E-state index contributed by atoms with van der Waals surface area (Å²) >= 11 is 0. The number of carbonyl (C=O) groups excluding carboxylic acids is 2. The standard InChI is InChI=1S/C9H11N3O2/c10-5-6-7(13)11-8(14)12-9(6)3-1-2-4-9/h6H,1-4H2,(H2,11,12,13,14)/t6-/m0/s1. The molecule has 0 aromatic carbocycles. The minimum Gasteiger partial charge on any atom is -0.330 e. The van der Waals surface area contributed by atoms with E-state index in [1.807, 2.05) is 6.07 Å². The summed E-state index contributed by atoms with van der Waals surface area (Å²) in [4.78, 5) is 22.5. The highest BCUT2D eigenvalue weighted by atomic mass is 16.2. The van der Waals surface area contributed by atoms with E-state index in [1.165, 1.54) is 0 Å². The zero-order valence-electron chi connectivity index (χ0n) is 7.67. The Morgan fingerprint density at radius 2 is 2.00 bits per heavy atom. The Labute approximate surface area is 81.5 Å². The molecular weight excluding hydrogens is 182 g/mol. The smallest absolute Gasteiger partial charge is 0.321 e. The Morgan fingerprint density at radius 1 is 1.36 bits per heavy atom. The van der Waals surface area contributed by atoms with E-state index >= 15 is 0 Å². The lowest BCUT2D eigenvalue weighted by molar-refractivity contribution is -0.125. The fraction of sp³-hybridized carbons (Fsp3) is 0.667. The third kappa shape index (κ3) is 1.15. The number of amides is 3. The predicted octanol–water partition coefficient (Wildman–Crippen LogP) is 0.278. The maximum atomic E-state index is 11.4. The monoisotopic (exact) mass is 193 g/mol. The van der Waals surface area contributed by atoms with E-state index in [4.69, 9.17) is 5.26 Å². The molecule has 5 nitrogen and oxygen atoms in total. The Balaban J connectivity index is 2.32. The number of imide groups is 1. The van der Waals surface area contributed by atoms with Crippen molar-refractivity contribution in [3.8, 4) is 6.07 Å². The molecule has 74 valence electrons. The molecule has 14 heavy (non-hydrogen) atoms. The van der Waals surface area contributed by atoms with Crippen molar-refractivity contribution in [1.82, 2.24) is 10.6 Å². The van der Waals surface area contributed by atoms with Crippen LogP contribution in [0.3, 0.4) is 0 Å². The molecule has 2 fully saturated rings. The van der Waals surface area contributed by atoms with E-state index < -0.39 is 23.4 Å². The number of nitrogens with zero attached hydrogens (tertiary/aromatic N) is 1. The summed E-state index contributed by atoms with van der Waals surface area (Å²) < 4.78 is 0. The maximum absolute atomic E-state index is 11.4. The second-order valence-electron chi connectivity index (χ2n) is 3.87. The van der Waals surface area contributed by atoms with Gasteiger partial charge in [-0.3, -0.25) is 10.1 Å². The fourth-order valence-electron chi connectivity index (χ4n) is 2.37. The minimum atomic E-state index is -0.734. The van der Waals surface area contributed by atoms with Gasteiger partial charge < -0.3 is 5.32 Å². The van der Waals surface area contributed by atoms with Crippen molar-refractivity contribution in [1.29, 1.82) is 5.26 Å². The highest BCUT2D eigenvalue weighted by Crippen LogP contribution is 2.37. The lowest BCUT2D eigenvalue weighted by Gasteiger charge is -2.37. The molecule has 0 radical (unpaired) electrons. The molecule has 0 unspecified atom stereocenters. The molecule has 1 spiro atoms. The average Bonchev–Trinajstić information content (AvgIpc) is 2.53. The van der Waals surface area contributed by atoms with Gasteiger partial charge in [-0.15, -0.1) is 0 Å². The van der Waals surface area contributed by atoms with Crippen molar-refractivity contribution < 1.29 is 9.59 Å². The first-order valence-corrected chi connectivity index (χ1v) is 4.70. The summed E-state index contributed by atoms with van der Waals surface area (Å²) in [7, 11) is 0. The zero-order valence-corrected chi connectivity index (χ0v) is 7.67. The molecule has 1 saturated carbocycles. The molecule has 3 amide bonds. The maximum Gasteiger partial charge on any atom is 0.321 e. The predicted molar refractivity (Wildman–Crippen MR) is 47.0 cm³/mol. The van der Waals surface area contributed by atoms with Crippen LogP contribution in [0.2, 0.25) is 0 Å². The molecule has 1 aliphatic heterocycles. The van der Waals surface area contributed by atoms with E-state index in [0.29, 0.717) is 0 Å². The van der Waals surface area contributed by atoms with Gasteiger partial charge in [0, 0.05) is 0 Å². The number of hydrogen-bond donors (Lipinski definition) is 2. The molecule has 2 aliphatic rings. The number of carbonyl (C=O) groups is 2. The van der Waals surface area contributed by atoms with Crippen LogP contribution in [0.4, 0.5) is 4.79 Å². The van der Waals surface area contributed by atoms with Gasteiger partial charge in [0.15, 0.2) is 0 Å². The fourth-order valence-corrected chi connectivity index (χ4v) is 2.37. The molecule has 1 atom stereocenters. The van der Waals surface area contributed by atoms with Crippen LogP contribution in [0, 0.1) is 17.2 Å². The first-order valence-electron chi connectivity index (χ1n) is 4.70. The van der Waals surface area contributed by atoms with Crippen molar-refractivity contribution in [2.45, 2.75) is 31.2 Å². The second kappa shape index (κ2) is 2.98. The summed E-state index contributed by atoms with van der Waals surface area (Å²) in [5.41, 5.74) is -0.589. The van der Waals surface area contributed by atoms with E-state index in [2.05, 4.69) is 10.6 Å². The summed E-state index contributed by atoms with van der Waals surface area (Å²) in [6.07, 6.45) is 3.38. The largest absolute Gasteiger partial charge is 0.330 e. The number of nitrogens with one attached hydrogen (secondary N) is 2. The first kappa shape index (κ1) is 9.00. The molecule has 2 N–H and O–H groups in total. The highest BCUT2D eigenvalue weighted by molar-refractivity contribution is 6.00. The van der Waals surface area contributed by atoms with Crippen LogP contribution in [-0.2, 0) is 4.79 Å². The van der Waals surface area contributed by atoms with Crippen molar-refractivity contribution in [2.24, 2.45) is 5.92 Å². The van der Waals surface area contributed by atoms with Gasteiger partial charge in [0.2, 0.25) is 5.91 Å². The number of urea groups is 1. The van der Waals surface area contributed by atoms with Gasteiger partial charge in [-0.2, -0.15) is 5.26 Å². The lowest BCUT2D eigenvalue weighted by atomic mass is 9.81. The van der Waals surface area contributed by atoms with Crippen LogP contribution < -0.4 is 10.6 Å². The normalized spacial score (nSPS) is 29.5. The highest BCUT2D eigenvalue weighted by Gasteiger charge is 2.49. The number of rotatable bonds is 0. The summed E-state index contributed by atoms with van der Waals surface area (Å²) in [6.45, 7) is 0. The zero-order chi connectivity index (χ0) is 10.2. The van der Waals surface area contributed by atoms with Crippen LogP contribution in [0.5, 0.6) is 0 Å². The number of nitriles is 1. The Morgan fingerprint density at radius 3 is 2.57 bits per heavy atom. The van der Waals surface area contributed by atoms with Gasteiger partial charge in [-0.25, -0.2) is 4.79 Å². The van der Waals surface area contributed by atoms with Crippen molar-refractivity contribution in [3.63, 3.8) is 0 Å². The van der Waals surface area contributed by atoms with Crippen LogP contribution in [-0.4, -0.2) is 17.5 Å². The van der Waals surface area contributed by atoms with E-state index in [1.54, 1.807) is 0 Å². The lowest BCUT2D eigenvalue weighted by Crippen LogP contribution is -2.64. The Hall–Kier alpha value is -1.57. The summed E-state index contributed by atoms with van der Waals surface area (Å²) in [5, 5.41) is 13.8. The minimum absolute atomic E-state index is 0.460. The molecule has 5 heteroatoms. The Kier molecular flexibility index (Phi) is 1.92. The molecule has 1 saturated heterocycles. The second-order valence-corrected chi connectivity index (χ2v) is 3.87. The molecule has 0 bridgehead atoms. The molecule has 0 aromatic heterocycles. The third-order valence-electron chi connectivity index (χ3n) is 3.04. The van der Waals surface area contributed by atoms with Gasteiger partial charge in [0.25, 0.3) is 0 Å².